The summed E-state index contributed by atoms with van der Waals surface area (Å²) in [5.41, 5.74) is 4.05. The number of nitrogens with one attached hydrogen (secondary N) is 1. The number of nitrogens with zero attached hydrogens (tertiary/aromatic N) is 4. The summed E-state index contributed by atoms with van der Waals surface area (Å²) in [5, 5.41) is 93.0. The van der Waals surface area contributed by atoms with Gasteiger partial charge in [0.05, 0.1) is 123 Å². The summed E-state index contributed by atoms with van der Waals surface area (Å²) < 4.78 is 174. The average Bonchev–Trinajstić information content (AvgIpc) is 1.60. The molecule has 0 bridgehead atoms. The first kappa shape index (κ1) is 86.5. The van der Waals surface area contributed by atoms with Gasteiger partial charge in [-0.3, -0.25) is 54.6 Å². The van der Waals surface area contributed by atoms with Crippen molar-refractivity contribution in [2.24, 2.45) is 17.3 Å². The van der Waals surface area contributed by atoms with Crippen molar-refractivity contribution in [3.63, 3.8) is 0 Å². The van der Waals surface area contributed by atoms with E-state index in [0.29, 0.717) is 0 Å². The summed E-state index contributed by atoms with van der Waals surface area (Å²) in [4.78, 5) is 77.8. The van der Waals surface area contributed by atoms with Crippen LogP contribution in [-0.4, -0.2) is 307 Å². The van der Waals surface area contributed by atoms with Crippen LogP contribution in [0.5, 0.6) is 0 Å². The van der Waals surface area contributed by atoms with Crippen molar-refractivity contribution in [3.8, 4) is 0 Å². The standard InChI is InChI=1S/C49H89N6O40P5/c1-26(2)94-100(74,75)95-30-12-35(55-22-53-37-44(50)51-21-52-45(37)55)90-34(30)16-85-99(72,73)86-20-49(17-76-23-87-96(66,67)82-9-6-79-46-27(3)38(60)40(62)31(13-56)91-46,18-77-24-88-97(68,69)83-10-7-80-47-28(4)39(61)41(63)32(14-57)92-47)19-78-25-89-98(70,71)84-11-8-81-48-36(54-29(5)59)43(65)42(64)33(15-58)93-48/h21-22,26-28,30-36,38-43,46-48,56-58,60-65H,6-20,23-25H2,1-5H3,(H,54,59)(H,66,67)(H,68,69)(H,70,71)(H,72,73)(H,74,75)(H2,50,51,52)/t27?,28?,30?,31?,32?,33?,34-,35-,36?,38-,39-,40+,41+,42+,43-,46-,47-,48-,49?/m1/s1. The number of rotatable bonds is 45. The van der Waals surface area contributed by atoms with Gasteiger partial charge in [0.25, 0.3) is 0 Å². The number of hydrogen-bond donors (Lipinski definition) is 16. The molecule has 6 heterocycles. The van der Waals surface area contributed by atoms with Crippen LogP contribution in [0.1, 0.15) is 47.3 Å². The maximum absolute atomic E-state index is 14.0. The third-order valence-electron chi connectivity index (χ3n) is 15.0. The lowest BCUT2D eigenvalue weighted by Gasteiger charge is -2.42. The third kappa shape index (κ3) is 26.2. The fourth-order valence-electron chi connectivity index (χ4n) is 9.93. The minimum Gasteiger partial charge on any atom is -0.394 e. The topological polar surface area (TPSA) is 652 Å². The molecule has 46 nitrogen and oxygen atoms in total. The van der Waals surface area contributed by atoms with Crippen LogP contribution in [0.4, 0.5) is 5.82 Å². The zero-order valence-electron chi connectivity index (χ0n) is 54.3. The first-order valence-electron chi connectivity index (χ1n) is 30.4. The number of phosphoric acid groups is 5. The smallest absolute Gasteiger partial charge is 0.394 e. The van der Waals surface area contributed by atoms with Crippen LogP contribution in [0.2, 0.25) is 0 Å². The van der Waals surface area contributed by atoms with Crippen LogP contribution < -0.4 is 11.1 Å². The molecule has 2 aromatic heterocycles. The lowest BCUT2D eigenvalue weighted by molar-refractivity contribution is -0.283. The van der Waals surface area contributed by atoms with Gasteiger partial charge in [0.2, 0.25) is 5.91 Å². The number of hydrogen-bond acceptors (Lipinski definition) is 39. The van der Waals surface area contributed by atoms with E-state index >= 15 is 0 Å². The minimum absolute atomic E-state index is 0.0184. The molecule has 17 N–H and O–H groups in total. The van der Waals surface area contributed by atoms with Crippen LogP contribution in [0.15, 0.2) is 12.7 Å². The van der Waals surface area contributed by atoms with E-state index in [2.05, 4.69) is 20.3 Å². The molecule has 4 fully saturated rings. The Bertz CT molecular complexity index is 3010. The van der Waals surface area contributed by atoms with Crippen LogP contribution >= 0.6 is 39.1 Å². The number of aromatic nitrogens is 4. The SMILES string of the molecule is CC(=O)NC1[C@H](OCCOP(=O)(O)OCOCC(COCOP(=O)(O)OCCO[C@@H]2OC(CO)[C@H](O)[C@H](O)C2C)(COCOP(=O)(O)OCCO[C@@H]2OC(CO)[C@H](O)[C@H](O)C2C)COP(=O)(O)OC[C@H]2O[C@@H](n3cnc4c(N)ncnc43)CC2OP(=O)(O)OC(C)C)OC(CO)[C@H](O)[C@@H]1O. The molecule has 51 heteroatoms. The van der Waals surface area contributed by atoms with Gasteiger partial charge in [-0.2, -0.15) is 0 Å². The van der Waals surface area contributed by atoms with Crippen LogP contribution in [0.3, 0.4) is 0 Å². The van der Waals surface area contributed by atoms with Crippen molar-refractivity contribution >= 4 is 62.0 Å². The molecule has 4 aliphatic heterocycles. The van der Waals surface area contributed by atoms with Gasteiger partial charge in [0.15, 0.2) is 50.7 Å². The van der Waals surface area contributed by atoms with E-state index in [-0.39, 0.29) is 23.4 Å². The van der Waals surface area contributed by atoms with Crippen molar-refractivity contribution in [2.75, 3.05) is 119 Å². The number of nitrogen functional groups attached to an aromatic ring is 1. The van der Waals surface area contributed by atoms with Crippen molar-refractivity contribution < 1.29 is 191 Å². The fourth-order valence-corrected chi connectivity index (χ4v) is 13.7. The van der Waals surface area contributed by atoms with E-state index in [4.69, 9.17) is 98.3 Å². The Morgan fingerprint density at radius 1 is 0.580 bits per heavy atom. The molecular formula is C49H89N6O40P5. The van der Waals surface area contributed by atoms with Crippen molar-refractivity contribution in [3.05, 3.63) is 12.7 Å². The molecule has 0 spiro atoms. The average molecular weight is 1560 g/mol. The highest BCUT2D eigenvalue weighted by Gasteiger charge is 2.49. The Labute approximate surface area is 569 Å². The van der Waals surface area contributed by atoms with Crippen molar-refractivity contribution in [2.45, 2.75) is 145 Å². The molecular weight excluding hydrogens is 1470 g/mol. The summed E-state index contributed by atoms with van der Waals surface area (Å²) in [6.07, 6.45) is -19.8. The molecule has 4 saturated heterocycles. The Hall–Kier alpha value is -2.39. The molecule has 4 aliphatic rings. The fraction of sp³-hybridized carbons (Fsp3) is 0.878. The molecule has 23 atom stereocenters. The number of imidazole rings is 1. The highest BCUT2D eigenvalue weighted by molar-refractivity contribution is 7.48. The molecule has 6 rings (SSSR count). The summed E-state index contributed by atoms with van der Waals surface area (Å²) in [6, 6.07) is -1.40. The normalized spacial score (nSPS) is 32.7. The number of amides is 1. The summed E-state index contributed by atoms with van der Waals surface area (Å²) >= 11 is 0. The predicted molar refractivity (Wildman–Crippen MR) is 323 cm³/mol. The van der Waals surface area contributed by atoms with Gasteiger partial charge in [-0.15, -0.1) is 0 Å². The summed E-state index contributed by atoms with van der Waals surface area (Å²) in [7, 11) is -25.9. The molecule has 12 unspecified atom stereocenters. The number of carbonyl (C=O) groups excluding carboxylic acids is 1. The van der Waals surface area contributed by atoms with Gasteiger partial charge < -0.3 is 129 Å². The van der Waals surface area contributed by atoms with Crippen molar-refractivity contribution in [1.29, 1.82) is 0 Å². The molecule has 0 saturated carbocycles. The Balaban J connectivity index is 1.18. The number of fused-ring (bicyclic) bond motifs is 1. The van der Waals surface area contributed by atoms with E-state index < -0.39 is 280 Å². The number of ether oxygens (including phenoxy) is 10. The number of carbonyl (C=O) groups is 1. The first-order chi connectivity index (χ1) is 46.9. The maximum atomic E-state index is 14.0. The molecule has 1 amide bonds. The molecule has 580 valence electrons. The quantitative estimate of drug-likeness (QED) is 0.0172. The van der Waals surface area contributed by atoms with Gasteiger partial charge in [-0.05, 0) is 13.8 Å². The Morgan fingerprint density at radius 3 is 1.47 bits per heavy atom. The second-order valence-corrected chi connectivity index (χ2v) is 30.3. The molecule has 0 aromatic carbocycles. The molecule has 0 radical (unpaired) electrons. The molecule has 100 heavy (non-hydrogen) atoms. The second kappa shape index (κ2) is 39.5. The number of aliphatic hydroxyl groups excluding tert-OH is 9. The number of aliphatic hydroxyl groups is 9. The largest absolute Gasteiger partial charge is 0.474 e. The number of anilines is 1. The van der Waals surface area contributed by atoms with Crippen LogP contribution in [0.25, 0.3) is 11.2 Å². The first-order valence-corrected chi connectivity index (χ1v) is 37.9. The molecule has 0 aliphatic carbocycles. The van der Waals surface area contributed by atoms with Gasteiger partial charge in [0, 0.05) is 25.2 Å². The lowest BCUT2D eigenvalue weighted by Crippen LogP contribution is -2.64. The van der Waals surface area contributed by atoms with Crippen LogP contribution in [0, 0.1) is 17.3 Å². The van der Waals surface area contributed by atoms with E-state index in [1.165, 1.54) is 38.6 Å². The number of nitrogens with two attached hydrogens (primary N) is 1. The Kier molecular flexibility index (Phi) is 34.1. The summed E-state index contributed by atoms with van der Waals surface area (Å²) in [6.45, 7) is -7.89. The summed E-state index contributed by atoms with van der Waals surface area (Å²) in [5.74, 6) is -2.42. The second-order valence-electron chi connectivity index (χ2n) is 23.1. The minimum atomic E-state index is -5.53. The van der Waals surface area contributed by atoms with Gasteiger partial charge in [-0.25, -0.2) is 37.8 Å². The number of phosphoric ester groups is 5. The maximum Gasteiger partial charge on any atom is 0.474 e. The highest BCUT2D eigenvalue weighted by atomic mass is 31.2. The van der Waals surface area contributed by atoms with E-state index in [1.807, 2.05) is 0 Å². The van der Waals surface area contributed by atoms with Crippen LogP contribution in [-0.2, 0) is 120 Å². The van der Waals surface area contributed by atoms with Gasteiger partial charge in [-0.1, -0.05) is 13.8 Å². The van der Waals surface area contributed by atoms with Crippen molar-refractivity contribution in [1.82, 2.24) is 24.8 Å². The van der Waals surface area contributed by atoms with E-state index in [1.54, 1.807) is 0 Å². The van der Waals surface area contributed by atoms with Gasteiger partial charge >= 0.3 is 39.1 Å². The monoisotopic (exact) mass is 1560 g/mol. The van der Waals surface area contributed by atoms with E-state index in [9.17, 15) is 98.0 Å². The zero-order chi connectivity index (χ0) is 74.0. The van der Waals surface area contributed by atoms with E-state index in [0.717, 1.165) is 13.3 Å². The highest BCUT2D eigenvalue weighted by Crippen LogP contribution is 2.52. The Morgan fingerprint density at radius 2 is 1.02 bits per heavy atom. The zero-order valence-corrected chi connectivity index (χ0v) is 58.8. The lowest BCUT2D eigenvalue weighted by atomic mass is 9.92. The van der Waals surface area contributed by atoms with Gasteiger partial charge in [0.1, 0.15) is 79.0 Å². The predicted octanol–water partition coefficient (Wildman–Crippen LogP) is -3.81. The molecule has 2 aromatic rings. The third-order valence-corrected chi connectivity index (χ3v) is 20.0.